The van der Waals surface area contributed by atoms with Crippen LogP contribution in [0.25, 0.3) is 0 Å². The molecule has 2 atom stereocenters. The fourth-order valence-electron chi connectivity index (χ4n) is 2.59. The van der Waals surface area contributed by atoms with Crippen LogP contribution < -0.4 is 5.32 Å². The summed E-state index contributed by atoms with van der Waals surface area (Å²) in [6.07, 6.45) is 5.29. The van der Waals surface area contributed by atoms with Crippen LogP contribution >= 0.6 is 0 Å². The van der Waals surface area contributed by atoms with Gasteiger partial charge in [0.05, 0.1) is 6.10 Å². The number of nitrogens with one attached hydrogen (secondary N) is 1. The first kappa shape index (κ1) is 12.0. The lowest BCUT2D eigenvalue weighted by molar-refractivity contribution is 0.0271. The molecule has 1 N–H and O–H groups in total. The van der Waals surface area contributed by atoms with E-state index in [2.05, 4.69) is 33.0 Å². The molecule has 0 saturated carbocycles. The molecule has 1 aliphatic heterocycles. The molecule has 84 valence electrons. The Morgan fingerprint density at radius 1 is 1.50 bits per heavy atom. The SMILES string of the molecule is CCCC(C)(NC(C)C)C1CCCO1. The Labute approximate surface area is 88.4 Å². The number of rotatable bonds is 5. The van der Waals surface area contributed by atoms with Gasteiger partial charge in [0.2, 0.25) is 0 Å². The second-order valence-corrected chi connectivity index (χ2v) is 4.97. The minimum atomic E-state index is 0.180. The standard InChI is InChI=1S/C12H25NO/c1-5-8-12(4,13-10(2)3)11-7-6-9-14-11/h10-11,13H,5-9H2,1-4H3. The Morgan fingerprint density at radius 2 is 2.21 bits per heavy atom. The van der Waals surface area contributed by atoms with E-state index in [1.165, 1.54) is 25.7 Å². The Balaban J connectivity index is 2.58. The molecule has 0 aromatic heterocycles. The van der Waals surface area contributed by atoms with Crippen molar-refractivity contribution in [3.8, 4) is 0 Å². The highest BCUT2D eigenvalue weighted by Crippen LogP contribution is 2.28. The van der Waals surface area contributed by atoms with Crippen molar-refractivity contribution in [2.45, 2.75) is 71.1 Å². The first-order valence-corrected chi connectivity index (χ1v) is 5.98. The quantitative estimate of drug-likeness (QED) is 0.735. The van der Waals surface area contributed by atoms with Gasteiger partial charge >= 0.3 is 0 Å². The normalized spacial score (nSPS) is 26.8. The number of hydrogen-bond donors (Lipinski definition) is 1. The van der Waals surface area contributed by atoms with Crippen molar-refractivity contribution in [1.82, 2.24) is 5.32 Å². The largest absolute Gasteiger partial charge is 0.376 e. The monoisotopic (exact) mass is 199 g/mol. The summed E-state index contributed by atoms with van der Waals surface area (Å²) in [4.78, 5) is 0. The molecule has 1 rings (SSSR count). The number of ether oxygens (including phenoxy) is 1. The maximum Gasteiger partial charge on any atom is 0.0754 e. The molecule has 1 heterocycles. The second-order valence-electron chi connectivity index (χ2n) is 4.97. The Kier molecular flexibility index (Phi) is 4.39. The smallest absolute Gasteiger partial charge is 0.0754 e. The van der Waals surface area contributed by atoms with Gasteiger partial charge in [0.25, 0.3) is 0 Å². The topological polar surface area (TPSA) is 21.3 Å². The average molecular weight is 199 g/mol. The summed E-state index contributed by atoms with van der Waals surface area (Å²) in [5, 5.41) is 3.67. The molecule has 14 heavy (non-hydrogen) atoms. The molecule has 2 unspecified atom stereocenters. The van der Waals surface area contributed by atoms with Gasteiger partial charge in [-0.15, -0.1) is 0 Å². The third-order valence-corrected chi connectivity index (χ3v) is 3.03. The zero-order valence-electron chi connectivity index (χ0n) is 10.1. The van der Waals surface area contributed by atoms with Crippen LogP contribution in [-0.4, -0.2) is 24.3 Å². The molecule has 0 amide bonds. The molecule has 0 aromatic carbocycles. The fourth-order valence-corrected chi connectivity index (χ4v) is 2.59. The van der Waals surface area contributed by atoms with Crippen LogP contribution in [-0.2, 0) is 4.74 Å². The highest BCUT2D eigenvalue weighted by molar-refractivity contribution is 4.94. The van der Waals surface area contributed by atoms with Gasteiger partial charge in [-0.3, -0.25) is 0 Å². The van der Waals surface area contributed by atoms with Crippen LogP contribution in [0.2, 0.25) is 0 Å². The lowest BCUT2D eigenvalue weighted by Crippen LogP contribution is -2.54. The van der Waals surface area contributed by atoms with Crippen molar-refractivity contribution >= 4 is 0 Å². The van der Waals surface area contributed by atoms with Gasteiger partial charge in [-0.05, 0) is 26.2 Å². The summed E-state index contributed by atoms with van der Waals surface area (Å²) in [7, 11) is 0. The maximum absolute atomic E-state index is 5.81. The molecule has 0 bridgehead atoms. The van der Waals surface area contributed by atoms with Gasteiger partial charge < -0.3 is 10.1 Å². The molecule has 0 spiro atoms. The second kappa shape index (κ2) is 5.13. The van der Waals surface area contributed by atoms with Gasteiger partial charge in [-0.25, -0.2) is 0 Å². The summed E-state index contributed by atoms with van der Waals surface area (Å²) in [6, 6.07) is 0.538. The van der Waals surface area contributed by atoms with Crippen LogP contribution in [0.1, 0.15) is 53.4 Å². The van der Waals surface area contributed by atoms with E-state index in [-0.39, 0.29) is 5.54 Å². The summed E-state index contributed by atoms with van der Waals surface area (Å²) in [6.45, 7) is 9.93. The molecule has 1 aliphatic rings. The third-order valence-electron chi connectivity index (χ3n) is 3.03. The predicted octanol–water partition coefficient (Wildman–Crippen LogP) is 2.72. The predicted molar refractivity (Wildman–Crippen MR) is 60.6 cm³/mol. The molecule has 0 aliphatic carbocycles. The lowest BCUT2D eigenvalue weighted by atomic mass is 9.87. The Morgan fingerprint density at radius 3 is 2.64 bits per heavy atom. The first-order valence-electron chi connectivity index (χ1n) is 5.98. The van der Waals surface area contributed by atoms with Crippen molar-refractivity contribution in [2.75, 3.05) is 6.61 Å². The summed E-state index contributed by atoms with van der Waals surface area (Å²) >= 11 is 0. The average Bonchev–Trinajstić information content (AvgIpc) is 2.54. The van der Waals surface area contributed by atoms with Gasteiger partial charge in [0.1, 0.15) is 0 Å². The number of hydrogen-bond acceptors (Lipinski definition) is 2. The summed E-state index contributed by atoms with van der Waals surface area (Å²) in [5.74, 6) is 0. The van der Waals surface area contributed by atoms with Crippen molar-refractivity contribution < 1.29 is 4.74 Å². The van der Waals surface area contributed by atoms with Gasteiger partial charge in [0.15, 0.2) is 0 Å². The van der Waals surface area contributed by atoms with Crippen LogP contribution in [0.3, 0.4) is 0 Å². The Hall–Kier alpha value is -0.0800. The molecule has 1 fully saturated rings. The molecule has 2 heteroatoms. The van der Waals surface area contributed by atoms with E-state index < -0.39 is 0 Å². The minimum absolute atomic E-state index is 0.180. The van der Waals surface area contributed by atoms with E-state index in [0.29, 0.717) is 12.1 Å². The summed E-state index contributed by atoms with van der Waals surface area (Å²) in [5.41, 5.74) is 0.180. The van der Waals surface area contributed by atoms with Gasteiger partial charge in [0, 0.05) is 18.2 Å². The fraction of sp³-hybridized carbons (Fsp3) is 1.00. The van der Waals surface area contributed by atoms with E-state index >= 15 is 0 Å². The van der Waals surface area contributed by atoms with E-state index in [9.17, 15) is 0 Å². The van der Waals surface area contributed by atoms with E-state index in [4.69, 9.17) is 4.74 Å². The zero-order valence-corrected chi connectivity index (χ0v) is 10.1. The zero-order chi connectivity index (χ0) is 10.6. The van der Waals surface area contributed by atoms with Gasteiger partial charge in [-0.1, -0.05) is 27.2 Å². The maximum atomic E-state index is 5.81. The summed E-state index contributed by atoms with van der Waals surface area (Å²) < 4.78 is 5.81. The molecule has 0 radical (unpaired) electrons. The molecule has 0 aromatic rings. The van der Waals surface area contributed by atoms with Crippen molar-refractivity contribution in [1.29, 1.82) is 0 Å². The first-order chi connectivity index (χ1) is 6.58. The van der Waals surface area contributed by atoms with Crippen LogP contribution in [0.5, 0.6) is 0 Å². The van der Waals surface area contributed by atoms with Crippen LogP contribution in [0.15, 0.2) is 0 Å². The molecule has 2 nitrogen and oxygen atoms in total. The van der Waals surface area contributed by atoms with Crippen LogP contribution in [0, 0.1) is 0 Å². The third kappa shape index (κ3) is 2.96. The lowest BCUT2D eigenvalue weighted by Gasteiger charge is -2.37. The van der Waals surface area contributed by atoms with E-state index in [1.54, 1.807) is 0 Å². The molecular weight excluding hydrogens is 174 g/mol. The highest BCUT2D eigenvalue weighted by atomic mass is 16.5. The molecular formula is C12H25NO. The molecule has 1 saturated heterocycles. The van der Waals surface area contributed by atoms with Crippen molar-refractivity contribution in [2.24, 2.45) is 0 Å². The van der Waals surface area contributed by atoms with E-state index in [1.807, 2.05) is 0 Å². The van der Waals surface area contributed by atoms with Crippen molar-refractivity contribution in [3.63, 3.8) is 0 Å². The highest BCUT2D eigenvalue weighted by Gasteiger charge is 2.36. The van der Waals surface area contributed by atoms with Gasteiger partial charge in [-0.2, -0.15) is 0 Å². The van der Waals surface area contributed by atoms with Crippen LogP contribution in [0.4, 0.5) is 0 Å². The van der Waals surface area contributed by atoms with E-state index in [0.717, 1.165) is 6.61 Å². The Bertz CT molecular complexity index is 164. The van der Waals surface area contributed by atoms with Crippen molar-refractivity contribution in [3.05, 3.63) is 0 Å². The minimum Gasteiger partial charge on any atom is -0.376 e.